The fourth-order valence-electron chi connectivity index (χ4n) is 1.95. The maximum absolute atomic E-state index is 6.00. The van der Waals surface area contributed by atoms with Crippen LogP contribution in [0.2, 0.25) is 0 Å². The van der Waals surface area contributed by atoms with Crippen molar-refractivity contribution in [3.05, 3.63) is 35.5 Å². The van der Waals surface area contributed by atoms with Gasteiger partial charge in [0.2, 0.25) is 5.88 Å². The number of nitrogens with zero attached hydrogens (tertiary/aromatic N) is 2. The number of methoxy groups -OCH3 is 1. The van der Waals surface area contributed by atoms with Gasteiger partial charge in [0, 0.05) is 13.7 Å². The Morgan fingerprint density at radius 1 is 1.25 bits per heavy atom. The first-order valence-electron chi connectivity index (χ1n) is 6.74. The monoisotopic (exact) mass is 275 g/mol. The lowest BCUT2D eigenvalue weighted by atomic mass is 10.1. The first kappa shape index (κ1) is 14.4. The van der Waals surface area contributed by atoms with Crippen LogP contribution in [0.3, 0.4) is 0 Å². The molecule has 20 heavy (non-hydrogen) atoms. The molecule has 0 amide bonds. The Morgan fingerprint density at radius 2 is 1.95 bits per heavy atom. The van der Waals surface area contributed by atoms with Crippen molar-refractivity contribution >= 4 is 5.69 Å². The van der Waals surface area contributed by atoms with Gasteiger partial charge in [0.15, 0.2) is 0 Å². The largest absolute Gasteiger partial charge is 0.437 e. The van der Waals surface area contributed by atoms with Gasteiger partial charge < -0.3 is 15.2 Å². The number of aromatic nitrogens is 2. The van der Waals surface area contributed by atoms with E-state index in [0.717, 1.165) is 31.0 Å². The molecule has 2 N–H and O–H groups in total. The third kappa shape index (κ3) is 3.11. The molecule has 0 aliphatic heterocycles. The Kier molecular flexibility index (Phi) is 4.63. The smallest absolute Gasteiger partial charge is 0.241 e. The highest BCUT2D eigenvalue weighted by Crippen LogP contribution is 2.30. The van der Waals surface area contributed by atoms with Crippen molar-refractivity contribution in [1.82, 2.24) is 9.78 Å². The van der Waals surface area contributed by atoms with E-state index in [-0.39, 0.29) is 0 Å². The average Bonchev–Trinajstić information content (AvgIpc) is 2.74. The number of aryl methyl sites for hydroxylation is 2. The van der Waals surface area contributed by atoms with Gasteiger partial charge in [0.05, 0.1) is 12.3 Å². The van der Waals surface area contributed by atoms with Gasteiger partial charge in [-0.2, -0.15) is 5.10 Å². The predicted molar refractivity (Wildman–Crippen MR) is 79.1 cm³/mol. The van der Waals surface area contributed by atoms with Crippen LogP contribution in [0, 0.1) is 6.92 Å². The lowest BCUT2D eigenvalue weighted by Crippen LogP contribution is -2.01. The summed E-state index contributed by atoms with van der Waals surface area (Å²) in [6, 6.07) is 7.94. The van der Waals surface area contributed by atoms with Crippen LogP contribution in [0.15, 0.2) is 24.3 Å². The van der Waals surface area contributed by atoms with E-state index in [1.54, 1.807) is 11.8 Å². The minimum Gasteiger partial charge on any atom is -0.437 e. The van der Waals surface area contributed by atoms with Crippen LogP contribution in [0.4, 0.5) is 5.69 Å². The van der Waals surface area contributed by atoms with Crippen molar-refractivity contribution in [2.24, 2.45) is 0 Å². The molecule has 0 radical (unpaired) electrons. The molecule has 0 aliphatic rings. The van der Waals surface area contributed by atoms with E-state index < -0.39 is 0 Å². The summed E-state index contributed by atoms with van der Waals surface area (Å²) in [6.07, 6.45) is 0.894. The lowest BCUT2D eigenvalue weighted by molar-refractivity contribution is 0.202. The van der Waals surface area contributed by atoms with E-state index >= 15 is 0 Å². The maximum Gasteiger partial charge on any atom is 0.241 e. The number of hydrogen-bond acceptors (Lipinski definition) is 4. The summed E-state index contributed by atoms with van der Waals surface area (Å²) >= 11 is 0. The zero-order valence-corrected chi connectivity index (χ0v) is 12.2. The summed E-state index contributed by atoms with van der Waals surface area (Å²) < 4.78 is 12.7. The fraction of sp³-hybridized carbons (Fsp3) is 0.400. The van der Waals surface area contributed by atoms with Gasteiger partial charge in [-0.05, 0) is 38.0 Å². The topological polar surface area (TPSA) is 62.3 Å². The maximum atomic E-state index is 6.00. The Hall–Kier alpha value is -2.01. The predicted octanol–water partition coefficient (Wildman–Crippen LogP) is 2.77. The van der Waals surface area contributed by atoms with Gasteiger partial charge in [0.25, 0.3) is 0 Å². The van der Waals surface area contributed by atoms with E-state index in [1.807, 2.05) is 38.1 Å². The zero-order chi connectivity index (χ0) is 14.5. The molecular formula is C15H21N3O2. The quantitative estimate of drug-likeness (QED) is 0.880. The van der Waals surface area contributed by atoms with Crippen LogP contribution < -0.4 is 10.5 Å². The Labute approximate surface area is 119 Å². The van der Waals surface area contributed by atoms with Crippen molar-refractivity contribution in [3.8, 4) is 11.6 Å². The fourth-order valence-corrected chi connectivity index (χ4v) is 1.95. The number of anilines is 1. The standard InChI is InChI=1S/C15H21N3O2/c1-4-18-15(14(16)11(2)17-18)20-13-7-5-12(6-8-13)9-10-19-3/h5-8H,4,9-10,16H2,1-3H3. The average molecular weight is 275 g/mol. The van der Waals surface area contributed by atoms with Crippen LogP contribution in [-0.2, 0) is 17.7 Å². The summed E-state index contributed by atoms with van der Waals surface area (Å²) in [4.78, 5) is 0. The molecule has 1 heterocycles. The van der Waals surface area contributed by atoms with Crippen LogP contribution >= 0.6 is 0 Å². The molecule has 0 saturated heterocycles. The molecule has 2 rings (SSSR count). The molecule has 1 aromatic heterocycles. The van der Waals surface area contributed by atoms with Gasteiger partial charge in [0.1, 0.15) is 11.4 Å². The van der Waals surface area contributed by atoms with Gasteiger partial charge in [-0.3, -0.25) is 0 Å². The van der Waals surface area contributed by atoms with Crippen molar-refractivity contribution in [2.75, 3.05) is 19.5 Å². The van der Waals surface area contributed by atoms with E-state index in [9.17, 15) is 0 Å². The summed E-state index contributed by atoms with van der Waals surface area (Å²) in [7, 11) is 1.70. The van der Waals surface area contributed by atoms with Gasteiger partial charge in [-0.1, -0.05) is 12.1 Å². The second kappa shape index (κ2) is 6.43. The molecule has 0 atom stereocenters. The van der Waals surface area contributed by atoms with Crippen molar-refractivity contribution in [2.45, 2.75) is 26.8 Å². The molecule has 1 aromatic carbocycles. The van der Waals surface area contributed by atoms with Crippen molar-refractivity contribution < 1.29 is 9.47 Å². The minimum absolute atomic E-state index is 0.593. The normalized spacial score (nSPS) is 10.8. The summed E-state index contributed by atoms with van der Waals surface area (Å²) in [5, 5.41) is 4.33. The van der Waals surface area contributed by atoms with Gasteiger partial charge in [-0.15, -0.1) is 0 Å². The zero-order valence-electron chi connectivity index (χ0n) is 12.2. The molecular weight excluding hydrogens is 254 g/mol. The van der Waals surface area contributed by atoms with Gasteiger partial charge in [-0.25, -0.2) is 4.68 Å². The second-order valence-corrected chi connectivity index (χ2v) is 4.61. The summed E-state index contributed by atoms with van der Waals surface area (Å²) in [5.41, 5.74) is 8.60. The highest BCUT2D eigenvalue weighted by Gasteiger charge is 2.13. The number of rotatable bonds is 6. The minimum atomic E-state index is 0.593. The number of nitrogens with two attached hydrogens (primary N) is 1. The number of ether oxygens (including phenoxy) is 2. The molecule has 5 heteroatoms. The Balaban J connectivity index is 2.14. The highest BCUT2D eigenvalue weighted by molar-refractivity contribution is 5.54. The molecule has 0 fully saturated rings. The van der Waals surface area contributed by atoms with Crippen molar-refractivity contribution in [3.63, 3.8) is 0 Å². The third-order valence-electron chi connectivity index (χ3n) is 3.16. The first-order valence-corrected chi connectivity index (χ1v) is 6.74. The van der Waals surface area contributed by atoms with E-state index in [2.05, 4.69) is 5.10 Å². The summed E-state index contributed by atoms with van der Waals surface area (Å²) in [6.45, 7) is 5.32. The van der Waals surface area contributed by atoms with Crippen molar-refractivity contribution in [1.29, 1.82) is 0 Å². The molecule has 0 saturated carbocycles. The van der Waals surface area contributed by atoms with Crippen LogP contribution in [0.1, 0.15) is 18.2 Å². The highest BCUT2D eigenvalue weighted by atomic mass is 16.5. The van der Waals surface area contributed by atoms with E-state index in [4.69, 9.17) is 15.2 Å². The van der Waals surface area contributed by atoms with Gasteiger partial charge >= 0.3 is 0 Å². The molecule has 0 unspecified atom stereocenters. The SMILES string of the molecule is CCn1nc(C)c(N)c1Oc1ccc(CCOC)cc1. The Bertz CT molecular complexity index is 561. The molecule has 0 aliphatic carbocycles. The molecule has 0 bridgehead atoms. The number of benzene rings is 1. The third-order valence-corrected chi connectivity index (χ3v) is 3.16. The molecule has 108 valence electrons. The second-order valence-electron chi connectivity index (χ2n) is 4.61. The molecule has 0 spiro atoms. The number of hydrogen-bond donors (Lipinski definition) is 1. The van der Waals surface area contributed by atoms with Crippen LogP contribution in [0.5, 0.6) is 11.6 Å². The summed E-state index contributed by atoms with van der Waals surface area (Å²) in [5.74, 6) is 1.36. The van der Waals surface area contributed by atoms with Crippen LogP contribution in [0.25, 0.3) is 0 Å². The Morgan fingerprint density at radius 3 is 2.55 bits per heavy atom. The van der Waals surface area contributed by atoms with E-state index in [0.29, 0.717) is 11.6 Å². The van der Waals surface area contributed by atoms with E-state index in [1.165, 1.54) is 5.56 Å². The molecule has 5 nitrogen and oxygen atoms in total. The lowest BCUT2D eigenvalue weighted by Gasteiger charge is -2.09. The molecule has 2 aromatic rings. The van der Waals surface area contributed by atoms with Crippen LogP contribution in [-0.4, -0.2) is 23.5 Å². The first-order chi connectivity index (χ1) is 9.65. The number of nitrogen functional groups attached to an aromatic ring is 1.